The number of esters is 1. The molecule has 5 nitrogen and oxygen atoms in total. The lowest BCUT2D eigenvalue weighted by Crippen LogP contribution is -2.44. The van der Waals surface area contributed by atoms with E-state index in [1.54, 1.807) is 0 Å². The van der Waals surface area contributed by atoms with Gasteiger partial charge in [-0.2, -0.15) is 0 Å². The fourth-order valence-electron chi connectivity index (χ4n) is 3.05. The van der Waals surface area contributed by atoms with Crippen molar-refractivity contribution in [1.82, 2.24) is 4.90 Å². The highest BCUT2D eigenvalue weighted by molar-refractivity contribution is 5.69. The van der Waals surface area contributed by atoms with E-state index >= 15 is 0 Å². The molecule has 2 aromatic rings. The van der Waals surface area contributed by atoms with E-state index in [1.807, 2.05) is 36.4 Å². The summed E-state index contributed by atoms with van der Waals surface area (Å²) in [7, 11) is 0. The third-order valence-electron chi connectivity index (χ3n) is 4.44. The van der Waals surface area contributed by atoms with Crippen molar-refractivity contribution >= 4 is 5.97 Å². The van der Waals surface area contributed by atoms with Crippen LogP contribution in [0.4, 0.5) is 0 Å². The monoisotopic (exact) mass is 369 g/mol. The van der Waals surface area contributed by atoms with Gasteiger partial charge in [0, 0.05) is 26.1 Å². The Balaban J connectivity index is 1.30. The van der Waals surface area contributed by atoms with E-state index in [0.717, 1.165) is 25.4 Å². The number of nitrogens with zero attached hydrogens (tertiary/aromatic N) is 1. The summed E-state index contributed by atoms with van der Waals surface area (Å²) in [6, 6.07) is 20.0. The Hall–Kier alpha value is -2.37. The van der Waals surface area contributed by atoms with Crippen molar-refractivity contribution < 1.29 is 19.0 Å². The minimum absolute atomic E-state index is 0.0630. The van der Waals surface area contributed by atoms with Gasteiger partial charge in [0.25, 0.3) is 0 Å². The van der Waals surface area contributed by atoms with Crippen molar-refractivity contribution in [2.24, 2.45) is 0 Å². The first-order valence-corrected chi connectivity index (χ1v) is 9.51. The Morgan fingerprint density at radius 3 is 2.59 bits per heavy atom. The van der Waals surface area contributed by atoms with Gasteiger partial charge in [0.05, 0.1) is 13.2 Å². The van der Waals surface area contributed by atoms with Gasteiger partial charge in [-0.1, -0.05) is 48.5 Å². The third kappa shape index (κ3) is 7.04. The van der Waals surface area contributed by atoms with Gasteiger partial charge in [-0.3, -0.25) is 9.69 Å². The highest BCUT2D eigenvalue weighted by atomic mass is 16.6. The van der Waals surface area contributed by atoms with Gasteiger partial charge in [-0.05, 0) is 24.1 Å². The summed E-state index contributed by atoms with van der Waals surface area (Å²) >= 11 is 0. The maximum Gasteiger partial charge on any atom is 0.306 e. The molecule has 0 spiro atoms. The van der Waals surface area contributed by atoms with E-state index in [9.17, 15) is 4.79 Å². The van der Waals surface area contributed by atoms with Crippen LogP contribution in [0.25, 0.3) is 0 Å². The van der Waals surface area contributed by atoms with E-state index in [2.05, 4.69) is 29.2 Å². The first kappa shape index (κ1) is 19.4. The number of ether oxygens (including phenoxy) is 3. The van der Waals surface area contributed by atoms with Crippen molar-refractivity contribution in [1.29, 1.82) is 0 Å². The van der Waals surface area contributed by atoms with Crippen LogP contribution in [0.1, 0.15) is 18.4 Å². The van der Waals surface area contributed by atoms with Gasteiger partial charge < -0.3 is 14.2 Å². The molecule has 144 valence electrons. The lowest BCUT2D eigenvalue weighted by Gasteiger charge is -2.32. The summed E-state index contributed by atoms with van der Waals surface area (Å²) < 4.78 is 16.7. The Morgan fingerprint density at radius 1 is 1.07 bits per heavy atom. The van der Waals surface area contributed by atoms with Gasteiger partial charge in [0.15, 0.2) is 0 Å². The number of rotatable bonds is 9. The molecule has 0 aromatic heterocycles. The Morgan fingerprint density at radius 2 is 1.81 bits per heavy atom. The summed E-state index contributed by atoms with van der Waals surface area (Å²) in [6.07, 6.45) is 0.930. The molecule has 0 saturated carbocycles. The molecule has 0 N–H and O–H groups in total. The maximum absolute atomic E-state index is 11.9. The first-order valence-electron chi connectivity index (χ1n) is 9.51. The van der Waals surface area contributed by atoms with Crippen LogP contribution in [0.3, 0.4) is 0 Å². The molecule has 1 heterocycles. The number of para-hydroxylation sites is 1. The molecule has 0 radical (unpaired) electrons. The van der Waals surface area contributed by atoms with Gasteiger partial charge >= 0.3 is 5.97 Å². The van der Waals surface area contributed by atoms with E-state index < -0.39 is 0 Å². The smallest absolute Gasteiger partial charge is 0.306 e. The number of carbonyl (C=O) groups excluding carboxylic acids is 1. The predicted octanol–water partition coefficient (Wildman–Crippen LogP) is 3.29. The van der Waals surface area contributed by atoms with E-state index in [4.69, 9.17) is 14.2 Å². The second-order valence-electron chi connectivity index (χ2n) is 6.66. The molecule has 0 amide bonds. The summed E-state index contributed by atoms with van der Waals surface area (Å²) in [5, 5.41) is 0. The fourth-order valence-corrected chi connectivity index (χ4v) is 3.05. The predicted molar refractivity (Wildman–Crippen MR) is 104 cm³/mol. The highest BCUT2D eigenvalue weighted by Crippen LogP contribution is 2.12. The normalized spacial score (nSPS) is 17.4. The minimum atomic E-state index is -0.199. The highest BCUT2D eigenvalue weighted by Gasteiger charge is 2.21. The zero-order valence-corrected chi connectivity index (χ0v) is 15.6. The van der Waals surface area contributed by atoms with Crippen molar-refractivity contribution in [3.63, 3.8) is 0 Å². The Labute approximate surface area is 160 Å². The molecule has 1 aliphatic heterocycles. The molecule has 0 aliphatic carbocycles. The zero-order chi connectivity index (χ0) is 18.7. The van der Waals surface area contributed by atoms with Crippen molar-refractivity contribution in [3.8, 4) is 5.75 Å². The van der Waals surface area contributed by atoms with Crippen LogP contribution in [0.15, 0.2) is 60.7 Å². The minimum Gasteiger partial charge on any atom is -0.494 e. The molecule has 1 fully saturated rings. The molecule has 1 atom stereocenters. The summed E-state index contributed by atoms with van der Waals surface area (Å²) in [6.45, 7) is 4.05. The number of morpholine rings is 1. The SMILES string of the molecule is O=C(CCCOc1ccccc1)OCC1CN(Cc2ccccc2)CCO1. The van der Waals surface area contributed by atoms with E-state index in [1.165, 1.54) is 5.56 Å². The average Bonchev–Trinajstić information content (AvgIpc) is 2.71. The number of benzene rings is 2. The third-order valence-corrected chi connectivity index (χ3v) is 4.44. The van der Waals surface area contributed by atoms with Gasteiger partial charge in [0.1, 0.15) is 18.5 Å². The van der Waals surface area contributed by atoms with E-state index in [0.29, 0.717) is 32.7 Å². The standard InChI is InChI=1S/C22H27NO4/c24-22(12-7-14-25-20-10-5-2-6-11-20)27-18-21-17-23(13-15-26-21)16-19-8-3-1-4-9-19/h1-6,8-11,21H,7,12-18H2. The molecule has 2 aromatic carbocycles. The number of hydrogen-bond donors (Lipinski definition) is 0. The number of carbonyl (C=O) groups is 1. The molecular formula is C22H27NO4. The molecule has 27 heavy (non-hydrogen) atoms. The van der Waals surface area contributed by atoms with Crippen molar-refractivity contribution in [2.75, 3.05) is 32.9 Å². The van der Waals surface area contributed by atoms with Gasteiger partial charge in [-0.15, -0.1) is 0 Å². The molecule has 5 heteroatoms. The molecule has 3 rings (SSSR count). The van der Waals surface area contributed by atoms with Crippen molar-refractivity contribution in [3.05, 3.63) is 66.2 Å². The number of hydrogen-bond acceptors (Lipinski definition) is 5. The van der Waals surface area contributed by atoms with Crippen molar-refractivity contribution in [2.45, 2.75) is 25.5 Å². The van der Waals surface area contributed by atoms with Crippen LogP contribution in [-0.4, -0.2) is 49.9 Å². The first-order chi connectivity index (χ1) is 13.3. The Kier molecular flexibility index (Phi) is 7.69. The van der Waals surface area contributed by atoms with Crippen LogP contribution in [0.5, 0.6) is 5.75 Å². The molecule has 1 unspecified atom stereocenters. The lowest BCUT2D eigenvalue weighted by atomic mass is 10.2. The Bertz CT molecular complexity index is 677. The van der Waals surface area contributed by atoms with Crippen LogP contribution in [0.2, 0.25) is 0 Å². The lowest BCUT2D eigenvalue weighted by molar-refractivity contribution is -0.150. The summed E-state index contributed by atoms with van der Waals surface area (Å²) in [5.74, 6) is 0.621. The molecule has 0 bridgehead atoms. The fraction of sp³-hybridized carbons (Fsp3) is 0.409. The molecule has 1 saturated heterocycles. The van der Waals surface area contributed by atoms with E-state index in [-0.39, 0.29) is 12.1 Å². The largest absolute Gasteiger partial charge is 0.494 e. The summed E-state index contributed by atoms with van der Waals surface area (Å²) in [5.41, 5.74) is 1.29. The topological polar surface area (TPSA) is 48.0 Å². The second-order valence-corrected chi connectivity index (χ2v) is 6.66. The van der Waals surface area contributed by atoms with Crippen LogP contribution in [0, 0.1) is 0 Å². The van der Waals surface area contributed by atoms with Crippen LogP contribution >= 0.6 is 0 Å². The maximum atomic E-state index is 11.9. The quantitative estimate of drug-likeness (QED) is 0.501. The second kappa shape index (κ2) is 10.7. The van der Waals surface area contributed by atoms with Gasteiger partial charge in [0.2, 0.25) is 0 Å². The molecule has 1 aliphatic rings. The molecular weight excluding hydrogens is 342 g/mol. The van der Waals surface area contributed by atoms with Gasteiger partial charge in [-0.25, -0.2) is 0 Å². The zero-order valence-electron chi connectivity index (χ0n) is 15.6. The average molecular weight is 369 g/mol. The van der Waals surface area contributed by atoms with Crippen LogP contribution < -0.4 is 4.74 Å². The summed E-state index contributed by atoms with van der Waals surface area (Å²) in [4.78, 5) is 14.3. The van der Waals surface area contributed by atoms with Crippen LogP contribution in [-0.2, 0) is 20.8 Å².